The van der Waals surface area contributed by atoms with Crippen LogP contribution in [0.15, 0.2) is 10.6 Å². The normalized spacial score (nSPS) is 17.7. The second-order valence-electron chi connectivity index (χ2n) is 5.82. The predicted octanol–water partition coefficient (Wildman–Crippen LogP) is 1.97. The number of nitrogens with zero attached hydrogens (tertiary/aromatic N) is 1. The Morgan fingerprint density at radius 2 is 2.19 bits per heavy atom. The van der Waals surface area contributed by atoms with Crippen LogP contribution in [0.25, 0.3) is 0 Å². The number of hydrogen-bond acceptors (Lipinski definition) is 6. The van der Waals surface area contributed by atoms with Gasteiger partial charge in [-0.05, 0) is 42.9 Å². The van der Waals surface area contributed by atoms with E-state index < -0.39 is 5.92 Å². The third-order valence-electron chi connectivity index (χ3n) is 3.86. The van der Waals surface area contributed by atoms with Crippen molar-refractivity contribution in [2.75, 3.05) is 26.8 Å². The van der Waals surface area contributed by atoms with Crippen molar-refractivity contribution < 1.29 is 18.8 Å². The molecule has 2 heterocycles. The average molecular weight is 296 g/mol. The van der Waals surface area contributed by atoms with Gasteiger partial charge in [0.25, 0.3) is 5.88 Å². The lowest BCUT2D eigenvalue weighted by Crippen LogP contribution is -2.30. The van der Waals surface area contributed by atoms with Crippen molar-refractivity contribution in [1.29, 1.82) is 0 Å². The molecule has 1 N–H and O–H groups in total. The Balaban J connectivity index is 1.94. The van der Waals surface area contributed by atoms with Gasteiger partial charge in [-0.3, -0.25) is 4.79 Å². The molecule has 1 unspecified atom stereocenters. The molecule has 0 aliphatic carbocycles. The molecular weight excluding hydrogens is 272 g/mol. The summed E-state index contributed by atoms with van der Waals surface area (Å²) in [6.07, 6.45) is 2.23. The van der Waals surface area contributed by atoms with Crippen molar-refractivity contribution in [3.63, 3.8) is 0 Å². The van der Waals surface area contributed by atoms with Gasteiger partial charge in [-0.2, -0.15) is 0 Å². The summed E-state index contributed by atoms with van der Waals surface area (Å²) in [5.74, 6) is 0.801. The van der Waals surface area contributed by atoms with E-state index in [2.05, 4.69) is 10.5 Å². The number of rotatable bonds is 6. The maximum absolute atomic E-state index is 11.8. The highest BCUT2D eigenvalue weighted by atomic mass is 16.5. The lowest BCUT2D eigenvalue weighted by Gasteiger charge is -2.21. The van der Waals surface area contributed by atoms with Gasteiger partial charge in [0.1, 0.15) is 5.92 Å². The fourth-order valence-electron chi connectivity index (χ4n) is 2.58. The molecule has 0 aromatic carbocycles. The predicted molar refractivity (Wildman–Crippen MR) is 77.2 cm³/mol. The van der Waals surface area contributed by atoms with E-state index in [1.807, 2.05) is 13.8 Å². The first kappa shape index (κ1) is 15.8. The summed E-state index contributed by atoms with van der Waals surface area (Å²) in [6, 6.07) is 1.70. The minimum absolute atomic E-state index is 0.0719. The highest BCUT2D eigenvalue weighted by Crippen LogP contribution is 2.28. The summed E-state index contributed by atoms with van der Waals surface area (Å²) in [4.78, 5) is 11.8. The van der Waals surface area contributed by atoms with Crippen LogP contribution in [0.3, 0.4) is 0 Å². The molecule has 0 amide bonds. The number of nitrogens with one attached hydrogen (secondary N) is 1. The molecule has 1 aromatic rings. The van der Waals surface area contributed by atoms with Gasteiger partial charge < -0.3 is 19.3 Å². The van der Waals surface area contributed by atoms with E-state index in [1.54, 1.807) is 6.07 Å². The maximum Gasteiger partial charge on any atom is 0.316 e. The van der Waals surface area contributed by atoms with Gasteiger partial charge in [-0.25, -0.2) is 0 Å². The molecule has 0 radical (unpaired) electrons. The van der Waals surface area contributed by atoms with Crippen LogP contribution in [-0.2, 0) is 9.53 Å². The summed E-state index contributed by atoms with van der Waals surface area (Å²) in [5.41, 5.74) is 0. The summed E-state index contributed by atoms with van der Waals surface area (Å²) >= 11 is 0. The molecule has 21 heavy (non-hydrogen) atoms. The van der Waals surface area contributed by atoms with Gasteiger partial charge in [0, 0.05) is 6.07 Å². The number of piperidine rings is 1. The Hall–Kier alpha value is -1.56. The number of aromatic nitrogens is 1. The Bertz CT molecular complexity index is 452. The number of esters is 1. The third kappa shape index (κ3) is 4.20. The molecular formula is C15H24N2O4. The van der Waals surface area contributed by atoms with Crippen molar-refractivity contribution in [2.45, 2.75) is 32.6 Å². The van der Waals surface area contributed by atoms with Crippen LogP contribution >= 0.6 is 0 Å². The fraction of sp³-hybridized carbons (Fsp3) is 0.733. The lowest BCUT2D eigenvalue weighted by atomic mass is 9.93. The van der Waals surface area contributed by atoms with E-state index in [-0.39, 0.29) is 11.9 Å². The van der Waals surface area contributed by atoms with Crippen LogP contribution in [0.5, 0.6) is 5.88 Å². The molecule has 1 fully saturated rings. The Morgan fingerprint density at radius 1 is 1.48 bits per heavy atom. The molecule has 1 aromatic heterocycles. The minimum Gasteiger partial charge on any atom is -0.475 e. The first-order chi connectivity index (χ1) is 10.1. The largest absolute Gasteiger partial charge is 0.475 e. The molecule has 1 atom stereocenters. The first-order valence-electron chi connectivity index (χ1n) is 7.49. The minimum atomic E-state index is -0.446. The summed E-state index contributed by atoms with van der Waals surface area (Å²) < 4.78 is 15.8. The van der Waals surface area contributed by atoms with Crippen molar-refractivity contribution in [3.8, 4) is 5.88 Å². The first-order valence-corrected chi connectivity index (χ1v) is 7.49. The number of hydrogen-bond donors (Lipinski definition) is 1. The number of ether oxygens (including phenoxy) is 2. The van der Waals surface area contributed by atoms with E-state index in [1.165, 1.54) is 7.11 Å². The summed E-state index contributed by atoms with van der Waals surface area (Å²) in [6.45, 7) is 6.60. The van der Waals surface area contributed by atoms with E-state index in [9.17, 15) is 4.79 Å². The van der Waals surface area contributed by atoms with Gasteiger partial charge in [-0.15, -0.1) is 0 Å². The number of carbonyl (C=O) groups excluding carboxylic acids is 1. The van der Waals surface area contributed by atoms with Gasteiger partial charge in [0.05, 0.1) is 13.7 Å². The zero-order valence-electron chi connectivity index (χ0n) is 12.9. The van der Waals surface area contributed by atoms with Crippen LogP contribution in [0.1, 0.15) is 38.4 Å². The van der Waals surface area contributed by atoms with Gasteiger partial charge in [0.2, 0.25) is 0 Å². The SMILES string of the molecule is COC(=O)C(c1cc(OCC2CCNCC2)no1)C(C)C. The number of methoxy groups -OCH3 is 1. The molecule has 1 saturated heterocycles. The van der Waals surface area contributed by atoms with Gasteiger partial charge >= 0.3 is 5.97 Å². The zero-order valence-corrected chi connectivity index (χ0v) is 12.9. The highest BCUT2D eigenvalue weighted by molar-refractivity contribution is 5.77. The van der Waals surface area contributed by atoms with Crippen LogP contribution in [0, 0.1) is 11.8 Å². The molecule has 118 valence electrons. The van der Waals surface area contributed by atoms with E-state index in [0.29, 0.717) is 24.2 Å². The van der Waals surface area contributed by atoms with E-state index >= 15 is 0 Å². The van der Waals surface area contributed by atoms with Crippen LogP contribution in [-0.4, -0.2) is 37.9 Å². The Labute approximate surface area is 125 Å². The second kappa shape index (κ2) is 7.45. The molecule has 1 aliphatic heterocycles. The van der Waals surface area contributed by atoms with Gasteiger partial charge in [0.15, 0.2) is 5.76 Å². The Kier molecular flexibility index (Phi) is 5.61. The average Bonchev–Trinajstić information content (AvgIpc) is 2.94. The zero-order chi connectivity index (χ0) is 15.2. The fourth-order valence-corrected chi connectivity index (χ4v) is 2.58. The quantitative estimate of drug-likeness (QED) is 0.809. The second-order valence-corrected chi connectivity index (χ2v) is 5.82. The lowest BCUT2D eigenvalue weighted by molar-refractivity contribution is -0.144. The van der Waals surface area contributed by atoms with Gasteiger partial charge in [-0.1, -0.05) is 13.8 Å². The molecule has 0 spiro atoms. The van der Waals surface area contributed by atoms with Crippen LogP contribution in [0.2, 0.25) is 0 Å². The highest BCUT2D eigenvalue weighted by Gasteiger charge is 2.29. The van der Waals surface area contributed by atoms with E-state index in [4.69, 9.17) is 14.0 Å². The number of carbonyl (C=O) groups is 1. The topological polar surface area (TPSA) is 73.6 Å². The van der Waals surface area contributed by atoms with Crippen molar-refractivity contribution in [2.24, 2.45) is 11.8 Å². The Morgan fingerprint density at radius 3 is 2.81 bits per heavy atom. The molecule has 6 heteroatoms. The van der Waals surface area contributed by atoms with E-state index in [0.717, 1.165) is 25.9 Å². The standard InChI is InChI=1S/C15H24N2O4/c1-10(2)14(15(18)19-3)12-8-13(17-21-12)20-9-11-4-6-16-7-5-11/h8,10-11,14,16H,4-7,9H2,1-3H3. The molecule has 2 rings (SSSR count). The third-order valence-corrected chi connectivity index (χ3v) is 3.86. The molecule has 0 saturated carbocycles. The summed E-state index contributed by atoms with van der Waals surface area (Å²) in [5, 5.41) is 7.22. The van der Waals surface area contributed by atoms with Crippen molar-refractivity contribution >= 4 is 5.97 Å². The monoisotopic (exact) mass is 296 g/mol. The van der Waals surface area contributed by atoms with Crippen LogP contribution < -0.4 is 10.1 Å². The smallest absolute Gasteiger partial charge is 0.316 e. The molecule has 6 nitrogen and oxygen atoms in total. The maximum atomic E-state index is 11.8. The van der Waals surface area contributed by atoms with Crippen molar-refractivity contribution in [1.82, 2.24) is 10.5 Å². The van der Waals surface area contributed by atoms with Crippen molar-refractivity contribution in [3.05, 3.63) is 11.8 Å². The molecule has 1 aliphatic rings. The molecule has 0 bridgehead atoms. The van der Waals surface area contributed by atoms with Crippen LogP contribution in [0.4, 0.5) is 0 Å². The summed E-state index contributed by atoms with van der Waals surface area (Å²) in [7, 11) is 1.38.